The van der Waals surface area contributed by atoms with E-state index in [0.29, 0.717) is 5.92 Å². The second-order valence-electron chi connectivity index (χ2n) is 15.7. The number of hydrogen-bond acceptors (Lipinski definition) is 2. The van der Waals surface area contributed by atoms with Crippen molar-refractivity contribution in [2.24, 2.45) is 0 Å². The molecule has 2 aromatic heterocycles. The number of para-hydroxylation sites is 2. The molecule has 272 valence electrons. The summed E-state index contributed by atoms with van der Waals surface area (Å²) in [4.78, 5) is 0. The Morgan fingerprint density at radius 2 is 1.48 bits per heavy atom. The Kier molecular flexibility index (Phi) is 8.44. The van der Waals surface area contributed by atoms with Crippen molar-refractivity contribution in [3.05, 3.63) is 210 Å². The predicted octanol–water partition coefficient (Wildman–Crippen LogP) is 14.0. The second kappa shape index (κ2) is 13.9. The first-order chi connectivity index (χ1) is 27.5. The number of anilines is 1. The highest BCUT2D eigenvalue weighted by Gasteiger charge is 2.36. The molecule has 1 atom stereocenters. The number of fused-ring (bicyclic) bond motifs is 6. The molecule has 0 bridgehead atoms. The van der Waals surface area contributed by atoms with E-state index in [1.54, 1.807) is 0 Å². The summed E-state index contributed by atoms with van der Waals surface area (Å²) >= 11 is 0. The Morgan fingerprint density at radius 3 is 2.29 bits per heavy atom. The molecule has 0 saturated heterocycles. The lowest BCUT2D eigenvalue weighted by Gasteiger charge is -2.26. The zero-order valence-corrected chi connectivity index (χ0v) is 31.9. The predicted molar refractivity (Wildman–Crippen MR) is 236 cm³/mol. The summed E-state index contributed by atoms with van der Waals surface area (Å²) in [6.07, 6.45) is 13.8. The summed E-state index contributed by atoms with van der Waals surface area (Å²) in [5, 5.41) is 7.14. The van der Waals surface area contributed by atoms with Gasteiger partial charge in [-0.3, -0.25) is 4.57 Å². The molecule has 6 aromatic carbocycles. The van der Waals surface area contributed by atoms with Crippen LogP contribution < -0.4 is 5.32 Å². The molecule has 0 saturated carbocycles. The van der Waals surface area contributed by atoms with Crippen LogP contribution in [0.1, 0.15) is 49.3 Å². The van der Waals surface area contributed by atoms with Crippen molar-refractivity contribution in [2.75, 3.05) is 11.9 Å². The molecule has 3 nitrogen and oxygen atoms in total. The minimum absolute atomic E-state index is 0.0336. The van der Waals surface area contributed by atoms with Gasteiger partial charge in [0.15, 0.2) is 0 Å². The maximum atomic E-state index is 6.49. The summed E-state index contributed by atoms with van der Waals surface area (Å²) in [5.74, 6) is 0.451. The highest BCUT2D eigenvalue weighted by Crippen LogP contribution is 2.49. The third-order valence-corrected chi connectivity index (χ3v) is 12.0. The highest BCUT2D eigenvalue weighted by atomic mass is 16.3. The van der Waals surface area contributed by atoms with Gasteiger partial charge in [0.1, 0.15) is 5.58 Å². The van der Waals surface area contributed by atoms with Crippen molar-refractivity contribution in [1.82, 2.24) is 4.57 Å². The van der Waals surface area contributed by atoms with Crippen molar-refractivity contribution in [2.45, 2.75) is 38.0 Å². The van der Waals surface area contributed by atoms with Crippen LogP contribution in [0, 0.1) is 0 Å². The third-order valence-electron chi connectivity index (χ3n) is 12.0. The van der Waals surface area contributed by atoms with Gasteiger partial charge < -0.3 is 9.73 Å². The van der Waals surface area contributed by atoms with E-state index in [2.05, 4.69) is 200 Å². The van der Waals surface area contributed by atoms with E-state index in [-0.39, 0.29) is 5.41 Å². The second-order valence-corrected chi connectivity index (χ2v) is 15.7. The van der Waals surface area contributed by atoms with Crippen LogP contribution in [0.15, 0.2) is 198 Å². The van der Waals surface area contributed by atoms with E-state index < -0.39 is 0 Å². The molecule has 0 radical (unpaired) electrons. The van der Waals surface area contributed by atoms with Crippen LogP contribution in [0.25, 0.3) is 55.4 Å². The maximum absolute atomic E-state index is 6.49. The molecule has 0 amide bonds. The number of allylic oxidation sites excluding steroid dienone is 7. The molecule has 2 aliphatic carbocycles. The largest absolute Gasteiger partial charge is 0.439 e. The van der Waals surface area contributed by atoms with Crippen molar-refractivity contribution in [1.29, 1.82) is 0 Å². The number of aromatic nitrogens is 1. The minimum atomic E-state index is -0.0336. The Balaban J connectivity index is 0.888. The Bertz CT molecular complexity index is 2860. The van der Waals surface area contributed by atoms with Gasteiger partial charge in [0.2, 0.25) is 5.71 Å². The van der Waals surface area contributed by atoms with Crippen LogP contribution in [-0.2, 0) is 5.41 Å². The first-order valence-electron chi connectivity index (χ1n) is 19.8. The van der Waals surface area contributed by atoms with Crippen LogP contribution >= 0.6 is 0 Å². The van der Waals surface area contributed by atoms with Crippen LogP contribution in [0.5, 0.6) is 0 Å². The normalized spacial score (nSPS) is 16.3. The molecule has 10 rings (SSSR count). The van der Waals surface area contributed by atoms with Gasteiger partial charge in [-0.1, -0.05) is 153 Å². The number of hydrogen-bond donors (Lipinski definition) is 1. The van der Waals surface area contributed by atoms with E-state index in [0.717, 1.165) is 58.3 Å². The van der Waals surface area contributed by atoms with Crippen LogP contribution in [0.2, 0.25) is 0 Å². The average Bonchev–Trinajstić information content (AvgIpc) is 3.85. The zero-order chi connectivity index (χ0) is 37.6. The zero-order valence-electron chi connectivity index (χ0n) is 31.9. The molecular weight excluding hydrogens is 681 g/mol. The van der Waals surface area contributed by atoms with Gasteiger partial charge in [-0.25, -0.2) is 0 Å². The molecular formula is C53H44N2O. The monoisotopic (exact) mass is 724 g/mol. The van der Waals surface area contributed by atoms with Crippen LogP contribution in [0.4, 0.5) is 5.69 Å². The molecule has 2 aliphatic rings. The lowest BCUT2D eigenvalue weighted by molar-refractivity contribution is 0.621. The summed E-state index contributed by atoms with van der Waals surface area (Å²) in [6.45, 7) is 5.52. The van der Waals surface area contributed by atoms with Gasteiger partial charge in [0, 0.05) is 40.0 Å². The summed E-state index contributed by atoms with van der Waals surface area (Å²) < 4.78 is 8.73. The Morgan fingerprint density at radius 1 is 0.750 bits per heavy atom. The van der Waals surface area contributed by atoms with E-state index in [1.165, 1.54) is 49.9 Å². The molecule has 1 unspecified atom stereocenters. The summed E-state index contributed by atoms with van der Waals surface area (Å²) in [6, 6.07) is 54.2. The van der Waals surface area contributed by atoms with E-state index >= 15 is 0 Å². The van der Waals surface area contributed by atoms with Crippen molar-refractivity contribution >= 4 is 44.2 Å². The van der Waals surface area contributed by atoms with Crippen molar-refractivity contribution < 1.29 is 4.42 Å². The molecule has 0 spiro atoms. The summed E-state index contributed by atoms with van der Waals surface area (Å²) in [5.41, 5.74) is 15.9. The van der Waals surface area contributed by atoms with Gasteiger partial charge in [-0.15, -0.1) is 0 Å². The standard InChI is InChI=1S/C53H44N2O/c1-53(2)47-21-11-9-18-43(47)44(48(53)34-36-23-25-38(26-24-36)37-14-5-3-6-15-37)20-13-33-54-41-30-27-39(28-31-41)40-29-32-49-46(35-40)51-45-19-10-12-22-50(45)56-52(51)55(49)42-16-7-4-8-17-42/h3-25,27-32,35,38,54H,26,33-34H2,1-2H3/b20-13-. The van der Waals surface area contributed by atoms with E-state index in [4.69, 9.17) is 4.42 Å². The highest BCUT2D eigenvalue weighted by molar-refractivity contribution is 6.20. The molecule has 56 heavy (non-hydrogen) atoms. The first-order valence-corrected chi connectivity index (χ1v) is 19.8. The number of rotatable bonds is 9. The molecule has 3 heteroatoms. The maximum Gasteiger partial charge on any atom is 0.213 e. The topological polar surface area (TPSA) is 30.1 Å². The van der Waals surface area contributed by atoms with Gasteiger partial charge in [-0.05, 0) is 99.8 Å². The number of nitrogens with one attached hydrogen (secondary N) is 1. The molecule has 0 aliphatic heterocycles. The fourth-order valence-corrected chi connectivity index (χ4v) is 9.02. The third kappa shape index (κ3) is 5.92. The molecule has 2 heterocycles. The Hall–Kier alpha value is -6.58. The molecule has 1 N–H and O–H groups in total. The Labute approximate surface area is 328 Å². The van der Waals surface area contributed by atoms with Gasteiger partial charge in [0.25, 0.3) is 0 Å². The quantitative estimate of drug-likeness (QED) is 0.161. The average molecular weight is 725 g/mol. The lowest BCUT2D eigenvalue weighted by atomic mass is 9.77. The number of furan rings is 1. The van der Waals surface area contributed by atoms with Gasteiger partial charge in [0.05, 0.1) is 10.9 Å². The number of nitrogens with zero attached hydrogens (tertiary/aromatic N) is 1. The SMILES string of the molecule is CC1(C)C(CC2=CCC(c3ccccc3)C=C2)=C(/C=C\CNc2ccc(-c3ccc4c(c3)c3c5ccccc5oc3n4-c3ccccc3)cc2)c2ccccc21. The van der Waals surface area contributed by atoms with Gasteiger partial charge >= 0.3 is 0 Å². The molecule has 8 aromatic rings. The molecule has 0 fully saturated rings. The lowest BCUT2D eigenvalue weighted by Crippen LogP contribution is -2.18. The van der Waals surface area contributed by atoms with Crippen LogP contribution in [-0.4, -0.2) is 11.1 Å². The van der Waals surface area contributed by atoms with E-state index in [9.17, 15) is 0 Å². The van der Waals surface area contributed by atoms with Crippen LogP contribution in [0.3, 0.4) is 0 Å². The minimum Gasteiger partial charge on any atom is -0.439 e. The van der Waals surface area contributed by atoms with Crippen molar-refractivity contribution in [3.63, 3.8) is 0 Å². The van der Waals surface area contributed by atoms with Gasteiger partial charge in [-0.2, -0.15) is 0 Å². The smallest absolute Gasteiger partial charge is 0.213 e. The number of benzene rings is 6. The van der Waals surface area contributed by atoms with Crippen molar-refractivity contribution in [3.8, 4) is 16.8 Å². The first kappa shape index (κ1) is 33.9. The fourth-order valence-electron chi connectivity index (χ4n) is 9.02. The fraction of sp³-hybridized carbons (Fsp3) is 0.132. The summed E-state index contributed by atoms with van der Waals surface area (Å²) in [7, 11) is 0. The van der Waals surface area contributed by atoms with E-state index in [1.807, 2.05) is 6.07 Å².